The molecule has 0 saturated carbocycles. The van der Waals surface area contributed by atoms with Crippen LogP contribution in [0.15, 0.2) is 24.3 Å². The Balaban J connectivity index is 2.08. The summed E-state index contributed by atoms with van der Waals surface area (Å²) < 4.78 is 5.15. The lowest BCUT2D eigenvalue weighted by molar-refractivity contribution is 0.415. The van der Waals surface area contributed by atoms with Crippen molar-refractivity contribution in [1.29, 1.82) is 0 Å². The van der Waals surface area contributed by atoms with Gasteiger partial charge in [-0.2, -0.15) is 0 Å². The van der Waals surface area contributed by atoms with Gasteiger partial charge < -0.3 is 15.8 Å². The summed E-state index contributed by atoms with van der Waals surface area (Å²) in [7, 11) is 1.64. The maximum Gasteiger partial charge on any atom is 0.210 e. The molecule has 0 atom stereocenters. The number of hydrogen-bond acceptors (Lipinski definition) is 6. The summed E-state index contributed by atoms with van der Waals surface area (Å²) in [6.45, 7) is 0.591. The van der Waals surface area contributed by atoms with E-state index in [0.29, 0.717) is 6.54 Å². The second-order valence-electron chi connectivity index (χ2n) is 3.40. The number of aromatic nitrogens is 2. The van der Waals surface area contributed by atoms with Crippen molar-refractivity contribution in [2.75, 3.05) is 19.0 Å². The molecule has 0 aliphatic carbocycles. The first-order valence-electron chi connectivity index (χ1n) is 5.25. The van der Waals surface area contributed by atoms with Gasteiger partial charge in [-0.15, -0.1) is 10.2 Å². The molecule has 2 aromatic rings. The Labute approximate surface area is 104 Å². The molecule has 1 heterocycles. The van der Waals surface area contributed by atoms with Crippen LogP contribution in [0.3, 0.4) is 0 Å². The largest absolute Gasteiger partial charge is 0.497 e. The van der Waals surface area contributed by atoms with Crippen molar-refractivity contribution in [3.8, 4) is 5.75 Å². The van der Waals surface area contributed by atoms with Crippen molar-refractivity contribution in [3.05, 3.63) is 29.3 Å². The molecule has 17 heavy (non-hydrogen) atoms. The number of anilines is 2. The molecule has 1 aromatic carbocycles. The van der Waals surface area contributed by atoms with Gasteiger partial charge in [0.1, 0.15) is 10.8 Å². The van der Waals surface area contributed by atoms with Crippen LogP contribution >= 0.6 is 11.3 Å². The monoisotopic (exact) mass is 250 g/mol. The van der Waals surface area contributed by atoms with Gasteiger partial charge in [0, 0.05) is 18.2 Å². The van der Waals surface area contributed by atoms with Crippen molar-refractivity contribution in [1.82, 2.24) is 10.2 Å². The molecule has 5 nitrogen and oxygen atoms in total. The molecule has 0 aliphatic heterocycles. The summed E-state index contributed by atoms with van der Waals surface area (Å²) in [4.78, 5) is 0. The van der Waals surface area contributed by atoms with Crippen LogP contribution in [0.2, 0.25) is 0 Å². The predicted molar refractivity (Wildman–Crippen MR) is 68.9 cm³/mol. The molecule has 90 valence electrons. The summed E-state index contributed by atoms with van der Waals surface area (Å²) in [5, 5.41) is 13.0. The van der Waals surface area contributed by atoms with Crippen LogP contribution in [0.1, 0.15) is 5.01 Å². The van der Waals surface area contributed by atoms with Crippen LogP contribution in [0.5, 0.6) is 5.75 Å². The van der Waals surface area contributed by atoms with Gasteiger partial charge in [0.25, 0.3) is 0 Å². The smallest absolute Gasteiger partial charge is 0.210 e. The van der Waals surface area contributed by atoms with E-state index in [1.807, 2.05) is 24.3 Å². The van der Waals surface area contributed by atoms with Crippen LogP contribution in [-0.4, -0.2) is 23.9 Å². The number of hydrogen-bond donors (Lipinski definition) is 2. The molecule has 0 radical (unpaired) electrons. The first-order valence-corrected chi connectivity index (χ1v) is 6.07. The lowest BCUT2D eigenvalue weighted by Gasteiger charge is -2.04. The molecular weight excluding hydrogens is 236 g/mol. The third-order valence-electron chi connectivity index (χ3n) is 2.15. The van der Waals surface area contributed by atoms with Gasteiger partial charge in [0.15, 0.2) is 0 Å². The zero-order valence-electron chi connectivity index (χ0n) is 9.51. The van der Waals surface area contributed by atoms with Crippen LogP contribution in [0, 0.1) is 0 Å². The van der Waals surface area contributed by atoms with Gasteiger partial charge in [-0.05, 0) is 18.7 Å². The summed E-state index contributed by atoms with van der Waals surface area (Å²) in [5.41, 5.74) is 6.39. The zero-order valence-corrected chi connectivity index (χ0v) is 10.3. The third-order valence-corrected chi connectivity index (χ3v) is 3.04. The van der Waals surface area contributed by atoms with Crippen molar-refractivity contribution in [3.63, 3.8) is 0 Å². The summed E-state index contributed by atoms with van der Waals surface area (Å²) in [5.74, 6) is 0.807. The fourth-order valence-electron chi connectivity index (χ4n) is 1.35. The SMILES string of the molecule is COc1cccc(Nc2nnc(CCN)s2)c1. The molecule has 0 fully saturated rings. The topological polar surface area (TPSA) is 73.1 Å². The molecule has 6 heteroatoms. The van der Waals surface area contributed by atoms with Crippen LogP contribution < -0.4 is 15.8 Å². The van der Waals surface area contributed by atoms with Crippen molar-refractivity contribution in [2.24, 2.45) is 5.73 Å². The van der Waals surface area contributed by atoms with Crippen LogP contribution in [-0.2, 0) is 6.42 Å². The Morgan fingerprint density at radius 3 is 3.06 bits per heavy atom. The fraction of sp³-hybridized carbons (Fsp3) is 0.273. The number of nitrogens with zero attached hydrogens (tertiary/aromatic N) is 2. The van der Waals surface area contributed by atoms with Gasteiger partial charge in [0.2, 0.25) is 5.13 Å². The molecule has 2 rings (SSSR count). The molecule has 0 saturated heterocycles. The minimum Gasteiger partial charge on any atom is -0.497 e. The lowest BCUT2D eigenvalue weighted by atomic mass is 10.3. The van der Waals surface area contributed by atoms with E-state index >= 15 is 0 Å². The van der Waals surface area contributed by atoms with E-state index in [-0.39, 0.29) is 0 Å². The van der Waals surface area contributed by atoms with Gasteiger partial charge in [0.05, 0.1) is 7.11 Å². The van der Waals surface area contributed by atoms with E-state index in [0.717, 1.165) is 28.0 Å². The Bertz CT molecular complexity index is 486. The van der Waals surface area contributed by atoms with Crippen molar-refractivity contribution < 1.29 is 4.74 Å². The molecule has 0 amide bonds. The Morgan fingerprint density at radius 1 is 1.41 bits per heavy atom. The van der Waals surface area contributed by atoms with E-state index in [1.54, 1.807) is 7.11 Å². The quantitative estimate of drug-likeness (QED) is 0.846. The van der Waals surface area contributed by atoms with Crippen LogP contribution in [0.25, 0.3) is 0 Å². The average molecular weight is 250 g/mol. The second kappa shape index (κ2) is 5.60. The number of rotatable bonds is 5. The first-order chi connectivity index (χ1) is 8.31. The number of benzene rings is 1. The molecule has 0 unspecified atom stereocenters. The first kappa shape index (κ1) is 11.8. The molecular formula is C11H14N4OS. The highest BCUT2D eigenvalue weighted by Gasteiger charge is 2.04. The average Bonchev–Trinajstić information content (AvgIpc) is 2.77. The Morgan fingerprint density at radius 2 is 2.29 bits per heavy atom. The number of ether oxygens (including phenoxy) is 1. The standard InChI is InChI=1S/C11H14N4OS/c1-16-9-4-2-3-8(7-9)13-11-15-14-10(17-11)5-6-12/h2-4,7H,5-6,12H2,1H3,(H,13,15). The minimum absolute atomic E-state index is 0.591. The maximum absolute atomic E-state index is 5.46. The lowest BCUT2D eigenvalue weighted by Crippen LogP contribution is -2.01. The highest BCUT2D eigenvalue weighted by atomic mass is 32.1. The van der Waals surface area contributed by atoms with Gasteiger partial charge in [-0.3, -0.25) is 0 Å². The summed E-state index contributed by atoms with van der Waals surface area (Å²) in [6, 6.07) is 7.67. The number of nitrogens with one attached hydrogen (secondary N) is 1. The highest BCUT2D eigenvalue weighted by molar-refractivity contribution is 7.15. The fourth-order valence-corrected chi connectivity index (χ4v) is 2.13. The number of methoxy groups -OCH3 is 1. The van der Waals surface area contributed by atoms with E-state index in [9.17, 15) is 0 Å². The molecule has 0 spiro atoms. The Hall–Kier alpha value is -1.66. The minimum atomic E-state index is 0.591. The van der Waals surface area contributed by atoms with Crippen LogP contribution in [0.4, 0.5) is 10.8 Å². The van der Waals surface area contributed by atoms with Gasteiger partial charge in [-0.25, -0.2) is 0 Å². The number of nitrogens with two attached hydrogens (primary N) is 1. The van der Waals surface area contributed by atoms with E-state index < -0.39 is 0 Å². The normalized spacial score (nSPS) is 10.2. The highest BCUT2D eigenvalue weighted by Crippen LogP contribution is 2.23. The molecule has 1 aromatic heterocycles. The third kappa shape index (κ3) is 3.15. The molecule has 3 N–H and O–H groups in total. The Kier molecular flexibility index (Phi) is 3.89. The van der Waals surface area contributed by atoms with E-state index in [4.69, 9.17) is 10.5 Å². The summed E-state index contributed by atoms with van der Waals surface area (Å²) >= 11 is 1.51. The second-order valence-corrected chi connectivity index (χ2v) is 4.46. The molecule has 0 aliphatic rings. The van der Waals surface area contributed by atoms with Crippen molar-refractivity contribution in [2.45, 2.75) is 6.42 Å². The van der Waals surface area contributed by atoms with Crippen molar-refractivity contribution >= 4 is 22.2 Å². The molecule has 0 bridgehead atoms. The van der Waals surface area contributed by atoms with E-state index in [2.05, 4.69) is 15.5 Å². The maximum atomic E-state index is 5.46. The van der Waals surface area contributed by atoms with E-state index in [1.165, 1.54) is 11.3 Å². The van der Waals surface area contributed by atoms with Gasteiger partial charge >= 0.3 is 0 Å². The van der Waals surface area contributed by atoms with Gasteiger partial charge in [-0.1, -0.05) is 17.4 Å². The zero-order chi connectivity index (χ0) is 12.1. The summed E-state index contributed by atoms with van der Waals surface area (Å²) in [6.07, 6.45) is 0.761. The predicted octanol–water partition coefficient (Wildman–Crippen LogP) is 1.79.